The van der Waals surface area contributed by atoms with Gasteiger partial charge in [0.15, 0.2) is 0 Å². The van der Waals surface area contributed by atoms with Crippen LogP contribution >= 0.6 is 0 Å². The molecule has 0 radical (unpaired) electrons. The number of aryl methyl sites for hydroxylation is 1. The lowest BCUT2D eigenvalue weighted by Gasteiger charge is -2.19. The van der Waals surface area contributed by atoms with Crippen LogP contribution in [0.1, 0.15) is 22.3 Å². The van der Waals surface area contributed by atoms with Crippen LogP contribution in [-0.4, -0.2) is 36.3 Å². The Balaban J connectivity index is 1.87. The molecular formula is C19H20N2O2. The van der Waals surface area contributed by atoms with Crippen LogP contribution in [0.3, 0.4) is 0 Å². The fourth-order valence-electron chi connectivity index (χ4n) is 2.82. The Morgan fingerprint density at radius 1 is 1.09 bits per heavy atom. The minimum Gasteiger partial charge on any atom is -0.354 e. The standard InChI is InChI=1S/C19H20N2O2/c1-14-5-2-6-15(11-14)16-7-3-8-17(12-16)19(23)21-10-4-9-20-18(22)13-21/h2-3,5-8,11-12H,4,9-10,13H2,1H3,(H,20,22). The summed E-state index contributed by atoms with van der Waals surface area (Å²) in [7, 11) is 0. The number of amides is 2. The molecule has 3 rings (SSSR count). The molecule has 2 aromatic carbocycles. The van der Waals surface area contributed by atoms with Crippen LogP contribution in [0.5, 0.6) is 0 Å². The molecule has 2 amide bonds. The average molecular weight is 308 g/mol. The summed E-state index contributed by atoms with van der Waals surface area (Å²) in [6.45, 7) is 3.42. The highest BCUT2D eigenvalue weighted by Gasteiger charge is 2.21. The molecule has 1 aliphatic rings. The van der Waals surface area contributed by atoms with Gasteiger partial charge in [0, 0.05) is 18.7 Å². The molecule has 2 aromatic rings. The van der Waals surface area contributed by atoms with E-state index in [-0.39, 0.29) is 18.4 Å². The molecule has 0 aromatic heterocycles. The van der Waals surface area contributed by atoms with Crippen LogP contribution in [0.2, 0.25) is 0 Å². The van der Waals surface area contributed by atoms with E-state index in [4.69, 9.17) is 0 Å². The summed E-state index contributed by atoms with van der Waals surface area (Å²) < 4.78 is 0. The number of rotatable bonds is 2. The van der Waals surface area contributed by atoms with Crippen molar-refractivity contribution in [3.05, 3.63) is 59.7 Å². The van der Waals surface area contributed by atoms with E-state index < -0.39 is 0 Å². The van der Waals surface area contributed by atoms with Crippen LogP contribution in [0.15, 0.2) is 48.5 Å². The second kappa shape index (κ2) is 6.65. The summed E-state index contributed by atoms with van der Waals surface area (Å²) in [5.74, 6) is -0.178. The molecular weight excluding hydrogens is 288 g/mol. The van der Waals surface area contributed by atoms with Crippen molar-refractivity contribution in [2.75, 3.05) is 19.6 Å². The monoisotopic (exact) mass is 308 g/mol. The number of carbonyl (C=O) groups is 2. The first-order valence-corrected chi connectivity index (χ1v) is 7.86. The maximum Gasteiger partial charge on any atom is 0.254 e. The Morgan fingerprint density at radius 3 is 2.61 bits per heavy atom. The highest BCUT2D eigenvalue weighted by atomic mass is 16.2. The van der Waals surface area contributed by atoms with E-state index in [0.717, 1.165) is 17.5 Å². The predicted octanol–water partition coefficient (Wildman–Crippen LogP) is 2.62. The third-order valence-electron chi connectivity index (χ3n) is 4.01. The van der Waals surface area contributed by atoms with Gasteiger partial charge < -0.3 is 10.2 Å². The zero-order chi connectivity index (χ0) is 16.2. The Morgan fingerprint density at radius 2 is 1.83 bits per heavy atom. The molecule has 0 atom stereocenters. The summed E-state index contributed by atoms with van der Waals surface area (Å²) in [5.41, 5.74) is 3.91. The second-order valence-electron chi connectivity index (χ2n) is 5.88. The highest BCUT2D eigenvalue weighted by molar-refractivity contribution is 5.97. The van der Waals surface area contributed by atoms with E-state index in [0.29, 0.717) is 18.7 Å². The first kappa shape index (κ1) is 15.3. The lowest BCUT2D eigenvalue weighted by Crippen LogP contribution is -2.37. The number of hydrogen-bond donors (Lipinski definition) is 1. The van der Waals surface area contributed by atoms with Crippen molar-refractivity contribution < 1.29 is 9.59 Å². The smallest absolute Gasteiger partial charge is 0.254 e. The normalized spacial score (nSPS) is 15.0. The van der Waals surface area contributed by atoms with E-state index in [9.17, 15) is 9.59 Å². The molecule has 118 valence electrons. The van der Waals surface area contributed by atoms with Crippen molar-refractivity contribution >= 4 is 11.8 Å². The first-order valence-electron chi connectivity index (χ1n) is 7.86. The molecule has 23 heavy (non-hydrogen) atoms. The summed E-state index contributed by atoms with van der Waals surface area (Å²) >= 11 is 0. The minimum absolute atomic E-state index is 0.0865. The van der Waals surface area contributed by atoms with Crippen molar-refractivity contribution in [1.82, 2.24) is 10.2 Å². The molecule has 4 nitrogen and oxygen atoms in total. The average Bonchev–Trinajstić information content (AvgIpc) is 2.79. The SMILES string of the molecule is Cc1cccc(-c2cccc(C(=O)N3CCCNC(=O)C3)c2)c1. The van der Waals surface area contributed by atoms with Crippen LogP contribution in [-0.2, 0) is 4.79 Å². The van der Waals surface area contributed by atoms with Gasteiger partial charge in [0.2, 0.25) is 5.91 Å². The summed E-state index contributed by atoms with van der Waals surface area (Å²) in [4.78, 5) is 26.0. The summed E-state index contributed by atoms with van der Waals surface area (Å²) in [6.07, 6.45) is 0.787. The van der Waals surface area contributed by atoms with Crippen molar-refractivity contribution in [3.8, 4) is 11.1 Å². The van der Waals surface area contributed by atoms with Gasteiger partial charge in [0.25, 0.3) is 5.91 Å². The number of benzene rings is 2. The Hall–Kier alpha value is -2.62. The van der Waals surface area contributed by atoms with Gasteiger partial charge in [-0.3, -0.25) is 9.59 Å². The van der Waals surface area contributed by atoms with Gasteiger partial charge in [-0.05, 0) is 36.6 Å². The topological polar surface area (TPSA) is 49.4 Å². The van der Waals surface area contributed by atoms with E-state index in [1.807, 2.05) is 49.4 Å². The molecule has 0 saturated carbocycles. The molecule has 0 bridgehead atoms. The number of carbonyl (C=O) groups excluding carboxylic acids is 2. The molecule has 1 N–H and O–H groups in total. The van der Waals surface area contributed by atoms with Crippen LogP contribution in [0, 0.1) is 6.92 Å². The number of nitrogens with zero attached hydrogens (tertiary/aromatic N) is 1. The van der Waals surface area contributed by atoms with Crippen LogP contribution in [0.4, 0.5) is 0 Å². The van der Waals surface area contributed by atoms with Crippen molar-refractivity contribution in [2.24, 2.45) is 0 Å². The van der Waals surface area contributed by atoms with Gasteiger partial charge in [0.1, 0.15) is 0 Å². The Bertz CT molecular complexity index is 740. The largest absolute Gasteiger partial charge is 0.354 e. The third-order valence-corrected chi connectivity index (χ3v) is 4.01. The van der Waals surface area contributed by atoms with Crippen molar-refractivity contribution in [2.45, 2.75) is 13.3 Å². The molecule has 1 saturated heterocycles. The molecule has 1 heterocycles. The second-order valence-corrected chi connectivity index (χ2v) is 5.88. The van der Waals surface area contributed by atoms with Crippen molar-refractivity contribution in [1.29, 1.82) is 0 Å². The quantitative estimate of drug-likeness (QED) is 0.927. The number of hydrogen-bond acceptors (Lipinski definition) is 2. The van der Waals surface area contributed by atoms with Crippen molar-refractivity contribution in [3.63, 3.8) is 0 Å². The van der Waals surface area contributed by atoms with Gasteiger partial charge in [-0.25, -0.2) is 0 Å². The van der Waals surface area contributed by atoms with Crippen LogP contribution in [0.25, 0.3) is 11.1 Å². The maximum atomic E-state index is 12.7. The minimum atomic E-state index is -0.0920. The van der Waals surface area contributed by atoms with Gasteiger partial charge in [-0.2, -0.15) is 0 Å². The van der Waals surface area contributed by atoms with Gasteiger partial charge >= 0.3 is 0 Å². The first-order chi connectivity index (χ1) is 11.1. The third kappa shape index (κ3) is 3.59. The number of nitrogens with one attached hydrogen (secondary N) is 1. The fraction of sp³-hybridized carbons (Fsp3) is 0.263. The fourth-order valence-corrected chi connectivity index (χ4v) is 2.82. The summed E-state index contributed by atoms with van der Waals surface area (Å²) in [5, 5.41) is 2.79. The molecule has 0 aliphatic carbocycles. The van der Waals surface area contributed by atoms with E-state index in [1.165, 1.54) is 5.56 Å². The lowest BCUT2D eigenvalue weighted by atomic mass is 10.0. The van der Waals surface area contributed by atoms with Gasteiger partial charge in [-0.15, -0.1) is 0 Å². The molecule has 1 fully saturated rings. The Labute approximate surface area is 136 Å². The van der Waals surface area contributed by atoms with Gasteiger partial charge in [0.05, 0.1) is 6.54 Å². The zero-order valence-electron chi connectivity index (χ0n) is 13.2. The lowest BCUT2D eigenvalue weighted by molar-refractivity contribution is -0.121. The zero-order valence-corrected chi connectivity index (χ0v) is 13.2. The summed E-state index contributed by atoms with van der Waals surface area (Å²) in [6, 6.07) is 15.8. The van der Waals surface area contributed by atoms with E-state index >= 15 is 0 Å². The molecule has 0 unspecified atom stereocenters. The highest BCUT2D eigenvalue weighted by Crippen LogP contribution is 2.22. The maximum absolute atomic E-state index is 12.7. The van der Waals surface area contributed by atoms with Crippen LogP contribution < -0.4 is 5.32 Å². The predicted molar refractivity (Wildman–Crippen MR) is 90.1 cm³/mol. The van der Waals surface area contributed by atoms with E-state index in [2.05, 4.69) is 11.4 Å². The van der Waals surface area contributed by atoms with Gasteiger partial charge in [-0.1, -0.05) is 42.0 Å². The molecule has 0 spiro atoms. The Kier molecular flexibility index (Phi) is 4.42. The van der Waals surface area contributed by atoms with E-state index in [1.54, 1.807) is 4.90 Å². The molecule has 1 aliphatic heterocycles. The molecule has 4 heteroatoms.